The molecule has 13 rings (SSSR count). The Balaban J connectivity index is 1.11. The highest BCUT2D eigenvalue weighted by atomic mass is 16.3. The van der Waals surface area contributed by atoms with E-state index in [0.29, 0.717) is 0 Å². The van der Waals surface area contributed by atoms with Crippen molar-refractivity contribution in [1.29, 1.82) is 0 Å². The van der Waals surface area contributed by atoms with Gasteiger partial charge < -0.3 is 14.2 Å². The van der Waals surface area contributed by atoms with E-state index in [2.05, 4.69) is 381 Å². The number of furan rings is 1. The molecule has 0 radical (unpaired) electrons. The fraction of sp³-hybridized carbons (Fsp3) is 0.239. The van der Waals surface area contributed by atoms with Crippen molar-refractivity contribution in [2.24, 2.45) is 0 Å². The number of rotatable bonds is 17. The van der Waals surface area contributed by atoms with Crippen LogP contribution in [0.2, 0.25) is 0 Å². The minimum absolute atomic E-state index is 0.136. The summed E-state index contributed by atoms with van der Waals surface area (Å²) in [6.45, 7) is 34.6. The molecule has 0 fully saturated rings. The molecule has 1 aliphatic heterocycles. The number of nitrogens with zero attached hydrogens (tertiary/aromatic N) is 2. The van der Waals surface area contributed by atoms with E-state index in [1.165, 1.54) is 83.2 Å². The molecule has 0 saturated heterocycles. The lowest BCUT2D eigenvalue weighted by atomic mass is 9.33. The van der Waals surface area contributed by atoms with Crippen molar-refractivity contribution in [3.8, 4) is 0 Å². The van der Waals surface area contributed by atoms with E-state index in [-0.39, 0.29) is 33.8 Å². The highest BCUT2D eigenvalue weighted by molar-refractivity contribution is 6.98. The molecule has 0 N–H and O–H groups in total. The zero-order chi connectivity index (χ0) is 67.5. The summed E-state index contributed by atoms with van der Waals surface area (Å²) >= 11 is 0. The summed E-state index contributed by atoms with van der Waals surface area (Å²) in [6, 6.07) is 94.0. The van der Waals surface area contributed by atoms with Gasteiger partial charge in [-0.25, -0.2) is 0 Å². The van der Waals surface area contributed by atoms with Gasteiger partial charge >= 0.3 is 0 Å². The average molecular weight is 1250 g/mol. The molecule has 4 heteroatoms. The lowest BCUT2D eigenvalue weighted by Crippen LogP contribution is -2.59. The first kappa shape index (κ1) is 65.0. The molecule has 1 aliphatic rings. The number of aryl methyl sites for hydroxylation is 2. The van der Waals surface area contributed by atoms with Crippen LogP contribution in [0, 0.1) is 13.8 Å². The Labute approximate surface area is 573 Å². The topological polar surface area (TPSA) is 19.6 Å². The van der Waals surface area contributed by atoms with E-state index in [4.69, 9.17) is 4.42 Å². The summed E-state index contributed by atoms with van der Waals surface area (Å²) in [5.74, 6) is 0. The van der Waals surface area contributed by atoms with E-state index in [1.807, 2.05) is 0 Å². The third-order valence-corrected chi connectivity index (χ3v) is 21.5. The maximum Gasteiger partial charge on any atom is 0.247 e. The van der Waals surface area contributed by atoms with Gasteiger partial charge in [0.15, 0.2) is 5.58 Å². The summed E-state index contributed by atoms with van der Waals surface area (Å²) in [7, 11) is 0. The Bertz CT molecular complexity index is 4880. The molecule has 0 atom stereocenters. The van der Waals surface area contributed by atoms with Crippen LogP contribution in [0.25, 0.3) is 21.9 Å². The number of benzene rings is 11. The molecule has 0 bridgehead atoms. The summed E-state index contributed by atoms with van der Waals surface area (Å²) in [6.07, 6.45) is 8.69. The van der Waals surface area contributed by atoms with Crippen LogP contribution in [0.3, 0.4) is 0 Å². The molecule has 1 aromatic heterocycles. The Kier molecular flexibility index (Phi) is 17.3. The molecule has 0 unspecified atom stereocenters. The van der Waals surface area contributed by atoms with Crippen LogP contribution in [-0.2, 0) is 33.5 Å². The highest BCUT2D eigenvalue weighted by Gasteiger charge is 2.41. The van der Waals surface area contributed by atoms with Crippen molar-refractivity contribution < 1.29 is 4.42 Å². The molecule has 0 aliphatic carbocycles. The highest BCUT2D eigenvalue weighted by Crippen LogP contribution is 2.49. The van der Waals surface area contributed by atoms with Crippen molar-refractivity contribution >= 4 is 79.2 Å². The van der Waals surface area contributed by atoms with Gasteiger partial charge in [-0.2, -0.15) is 0 Å². The van der Waals surface area contributed by atoms with Gasteiger partial charge in [0.1, 0.15) is 5.58 Å². The summed E-state index contributed by atoms with van der Waals surface area (Å²) < 4.78 is 7.33. The molecule has 3 nitrogen and oxygen atoms in total. The molecule has 96 heavy (non-hydrogen) atoms. The Morgan fingerprint density at radius 1 is 0.458 bits per heavy atom. The first-order valence-electron chi connectivity index (χ1n) is 34.7. The van der Waals surface area contributed by atoms with E-state index < -0.39 is 0 Å². The fourth-order valence-electron chi connectivity index (χ4n) is 15.4. The zero-order valence-electron chi connectivity index (χ0n) is 59.2. The molecular formula is C92H93BN2O. The first-order valence-corrected chi connectivity index (χ1v) is 34.7. The quantitative estimate of drug-likeness (QED) is 0.0669. The SMILES string of the molecule is C/C=C(\C=C/CC)C(C)(C)c1ccc(Cc2ccc(C(C)(C)c3ccccc3)cc2)c(B2c3cc(C(C)(C)c4ccccc4)ccc3N(c3ccc(C(C)(C)c4ccccc4)cc3)c3cc(N(c4ccccc4C)c4cccc5c4oc4c(C(C)(C)C)cccc45)cc(C)c32)c1. The minimum atomic E-state index is -0.330. The van der Waals surface area contributed by atoms with Crippen LogP contribution >= 0.6 is 0 Å². The Morgan fingerprint density at radius 3 is 1.55 bits per heavy atom. The van der Waals surface area contributed by atoms with Crippen molar-refractivity contribution in [3.63, 3.8) is 0 Å². The normalized spacial score (nSPS) is 13.2. The van der Waals surface area contributed by atoms with E-state index >= 15 is 0 Å². The average Bonchev–Trinajstić information content (AvgIpc) is 0.726. The minimum Gasteiger partial charge on any atom is -0.454 e. The predicted octanol–water partition coefficient (Wildman–Crippen LogP) is 23.0. The van der Waals surface area contributed by atoms with Crippen LogP contribution in [0.1, 0.15) is 163 Å². The summed E-state index contributed by atoms with van der Waals surface area (Å²) in [5.41, 5.74) is 27.4. The maximum absolute atomic E-state index is 7.33. The second-order valence-corrected chi connectivity index (χ2v) is 30.0. The van der Waals surface area contributed by atoms with Gasteiger partial charge in [-0.1, -0.05) is 319 Å². The molecule has 480 valence electrons. The number of anilines is 6. The van der Waals surface area contributed by atoms with Crippen LogP contribution in [-0.4, -0.2) is 6.71 Å². The largest absolute Gasteiger partial charge is 0.454 e. The number of allylic oxidation sites excluding steroid dienone is 4. The fourth-order valence-corrected chi connectivity index (χ4v) is 15.4. The molecular weight excluding hydrogens is 1160 g/mol. The van der Waals surface area contributed by atoms with Crippen molar-refractivity contribution in [2.45, 2.75) is 144 Å². The van der Waals surface area contributed by atoms with Crippen LogP contribution in [0.4, 0.5) is 34.1 Å². The number of para-hydroxylation sites is 3. The third-order valence-electron chi connectivity index (χ3n) is 21.5. The molecule has 0 saturated carbocycles. The summed E-state index contributed by atoms with van der Waals surface area (Å²) in [4.78, 5) is 5.07. The van der Waals surface area contributed by atoms with Crippen molar-refractivity contribution in [2.75, 3.05) is 9.80 Å². The maximum atomic E-state index is 7.33. The number of fused-ring (bicyclic) bond motifs is 5. The van der Waals surface area contributed by atoms with Gasteiger partial charge in [-0.05, 0) is 154 Å². The van der Waals surface area contributed by atoms with Crippen molar-refractivity contribution in [3.05, 3.63) is 339 Å². The molecule has 11 aromatic carbocycles. The summed E-state index contributed by atoms with van der Waals surface area (Å²) in [5, 5.41) is 2.22. The molecule has 0 spiro atoms. The standard InChI is InChI=1S/C92H93BN2O/c1-16-18-33-66(17-2)89(8,9)72-50-47-65(58-64-45-48-70(49-46-64)90(10,11)67-34-22-19-23-35-67)79(59-72)93-80-60-73(92(14,15)69-38-26-21-27-39-69)53-56-82(80)94(74-54-51-71(52-55-74)91(12,13)68-36-24-20-25-37-68)84-61-75(57-63(4)85(84)93)95(81-43-29-28-32-62(81)3)83-44-31-41-77-76-40-30-42-78(88(5,6)7)86(76)96-87(77)83/h17-57,59-61H,16,58H2,1-15H3/b33-18-,66-17+. The predicted molar refractivity (Wildman–Crippen MR) is 414 cm³/mol. The second-order valence-electron chi connectivity index (χ2n) is 30.0. The van der Waals surface area contributed by atoms with Gasteiger partial charge in [0.2, 0.25) is 6.71 Å². The lowest BCUT2D eigenvalue weighted by molar-refractivity contribution is 0.573. The Morgan fingerprint density at radius 2 is 0.969 bits per heavy atom. The van der Waals surface area contributed by atoms with Crippen LogP contribution < -0.4 is 26.2 Å². The first-order chi connectivity index (χ1) is 46.0. The smallest absolute Gasteiger partial charge is 0.247 e. The van der Waals surface area contributed by atoms with Gasteiger partial charge in [-0.3, -0.25) is 0 Å². The number of hydrogen-bond donors (Lipinski definition) is 0. The molecule has 2 heterocycles. The van der Waals surface area contributed by atoms with Crippen LogP contribution in [0.15, 0.2) is 277 Å². The third kappa shape index (κ3) is 11.8. The van der Waals surface area contributed by atoms with Crippen molar-refractivity contribution in [1.82, 2.24) is 0 Å². The van der Waals surface area contributed by atoms with Crippen LogP contribution in [0.5, 0.6) is 0 Å². The van der Waals surface area contributed by atoms with Gasteiger partial charge in [-0.15, -0.1) is 0 Å². The Hall–Kier alpha value is -9.64. The molecule has 0 amide bonds. The van der Waals surface area contributed by atoms with Gasteiger partial charge in [0.25, 0.3) is 0 Å². The van der Waals surface area contributed by atoms with E-state index in [9.17, 15) is 0 Å². The van der Waals surface area contributed by atoms with Gasteiger partial charge in [0, 0.05) is 66.4 Å². The monoisotopic (exact) mass is 1250 g/mol. The van der Waals surface area contributed by atoms with E-state index in [1.54, 1.807) is 0 Å². The number of hydrogen-bond acceptors (Lipinski definition) is 3. The molecule has 12 aromatic rings. The lowest BCUT2D eigenvalue weighted by Gasteiger charge is -2.41. The van der Waals surface area contributed by atoms with E-state index in [0.717, 1.165) is 74.5 Å². The zero-order valence-corrected chi connectivity index (χ0v) is 59.2. The second kappa shape index (κ2) is 25.5. The van der Waals surface area contributed by atoms with Gasteiger partial charge in [0.05, 0.1) is 5.69 Å².